The van der Waals surface area contributed by atoms with Crippen molar-refractivity contribution in [2.75, 3.05) is 44.8 Å². The number of piperidine rings is 1. The molecule has 28 heavy (non-hydrogen) atoms. The fourth-order valence-electron chi connectivity index (χ4n) is 4.42. The number of likely N-dealkylation sites (tertiary alicyclic amines) is 1. The van der Waals surface area contributed by atoms with Crippen LogP contribution in [0.15, 0.2) is 35.8 Å². The second kappa shape index (κ2) is 8.09. The first kappa shape index (κ1) is 19.2. The smallest absolute Gasteiger partial charge is 0.232 e. The van der Waals surface area contributed by atoms with E-state index in [4.69, 9.17) is 4.74 Å². The summed E-state index contributed by atoms with van der Waals surface area (Å²) >= 11 is 1.61. The van der Waals surface area contributed by atoms with Crippen molar-refractivity contribution in [3.63, 3.8) is 0 Å². The molecule has 1 aromatic heterocycles. The van der Waals surface area contributed by atoms with Gasteiger partial charge in [-0.25, -0.2) is 4.98 Å². The van der Waals surface area contributed by atoms with Crippen molar-refractivity contribution in [2.45, 2.75) is 19.3 Å². The van der Waals surface area contributed by atoms with E-state index in [1.165, 1.54) is 0 Å². The zero-order valence-corrected chi connectivity index (χ0v) is 17.0. The first-order valence-corrected chi connectivity index (χ1v) is 10.7. The van der Waals surface area contributed by atoms with Crippen LogP contribution in [0, 0.1) is 11.3 Å². The predicted molar refractivity (Wildman–Crippen MR) is 110 cm³/mol. The van der Waals surface area contributed by atoms with E-state index in [0.29, 0.717) is 26.1 Å². The second-order valence-electron chi connectivity index (χ2n) is 7.92. The Balaban J connectivity index is 1.56. The number of anilines is 1. The summed E-state index contributed by atoms with van der Waals surface area (Å²) in [5.74, 6) is 1.22. The van der Waals surface area contributed by atoms with E-state index < -0.39 is 5.41 Å². The minimum atomic E-state index is -0.449. The molecule has 0 radical (unpaired) electrons. The van der Waals surface area contributed by atoms with Crippen LogP contribution in [-0.4, -0.2) is 60.8 Å². The Hall–Kier alpha value is -2.12. The number of aromatic nitrogens is 1. The van der Waals surface area contributed by atoms with Crippen LogP contribution >= 0.6 is 11.3 Å². The van der Waals surface area contributed by atoms with Gasteiger partial charge in [0.05, 0.1) is 12.5 Å². The molecule has 1 amide bonds. The molecule has 1 aromatic carbocycles. The van der Waals surface area contributed by atoms with Gasteiger partial charge in [0.15, 0.2) is 5.13 Å². The average Bonchev–Trinajstić information content (AvgIpc) is 3.24. The molecule has 0 bridgehead atoms. The van der Waals surface area contributed by atoms with Gasteiger partial charge in [-0.1, -0.05) is 12.1 Å². The van der Waals surface area contributed by atoms with Crippen LogP contribution in [0.4, 0.5) is 5.13 Å². The highest BCUT2D eigenvalue weighted by molar-refractivity contribution is 7.13. The molecule has 150 valence electrons. The summed E-state index contributed by atoms with van der Waals surface area (Å²) in [6.45, 7) is 2.95. The number of carbonyl (C=O) groups is 1. The molecule has 1 N–H and O–H groups in total. The molecule has 2 fully saturated rings. The highest BCUT2D eigenvalue weighted by atomic mass is 32.1. The van der Waals surface area contributed by atoms with Crippen LogP contribution < -0.4 is 9.64 Å². The van der Waals surface area contributed by atoms with Crippen molar-refractivity contribution < 1.29 is 14.6 Å². The van der Waals surface area contributed by atoms with E-state index in [2.05, 4.69) is 16.0 Å². The summed E-state index contributed by atoms with van der Waals surface area (Å²) in [6.07, 6.45) is 4.45. The largest absolute Gasteiger partial charge is 0.497 e. The molecule has 2 aliphatic rings. The van der Waals surface area contributed by atoms with Crippen molar-refractivity contribution >= 4 is 22.4 Å². The Morgan fingerprint density at radius 3 is 3.00 bits per heavy atom. The van der Waals surface area contributed by atoms with E-state index in [-0.39, 0.29) is 18.4 Å². The Morgan fingerprint density at radius 2 is 2.29 bits per heavy atom. The lowest BCUT2D eigenvalue weighted by Gasteiger charge is -2.51. The molecule has 1 unspecified atom stereocenters. The zero-order chi connectivity index (χ0) is 19.6. The summed E-state index contributed by atoms with van der Waals surface area (Å²) in [5.41, 5.74) is 0.664. The van der Waals surface area contributed by atoms with E-state index in [1.807, 2.05) is 28.5 Å². The van der Waals surface area contributed by atoms with Gasteiger partial charge in [0.25, 0.3) is 0 Å². The van der Waals surface area contributed by atoms with Gasteiger partial charge in [-0.05, 0) is 42.9 Å². The summed E-state index contributed by atoms with van der Waals surface area (Å²) < 4.78 is 5.36. The molecular formula is C21H27N3O3S. The molecule has 2 saturated heterocycles. The topological polar surface area (TPSA) is 65.9 Å². The molecule has 3 heterocycles. The van der Waals surface area contributed by atoms with Crippen LogP contribution in [0.2, 0.25) is 0 Å². The number of rotatable bonds is 6. The van der Waals surface area contributed by atoms with Gasteiger partial charge in [-0.3, -0.25) is 4.79 Å². The summed E-state index contributed by atoms with van der Waals surface area (Å²) in [5, 5.41) is 12.5. The molecule has 2 aliphatic heterocycles. The van der Waals surface area contributed by atoms with Crippen molar-refractivity contribution in [2.24, 2.45) is 11.3 Å². The lowest BCUT2D eigenvalue weighted by molar-refractivity contribution is -0.146. The monoisotopic (exact) mass is 401 g/mol. The van der Waals surface area contributed by atoms with Crippen molar-refractivity contribution in [3.05, 3.63) is 41.4 Å². The van der Waals surface area contributed by atoms with Crippen LogP contribution in [0.3, 0.4) is 0 Å². The number of hydrogen-bond donors (Lipinski definition) is 1. The van der Waals surface area contributed by atoms with Crippen molar-refractivity contribution in [3.8, 4) is 5.75 Å². The minimum Gasteiger partial charge on any atom is -0.497 e. The number of thiazole rings is 1. The van der Waals surface area contributed by atoms with Gasteiger partial charge in [-0.15, -0.1) is 11.3 Å². The molecular weight excluding hydrogens is 374 g/mol. The Bertz CT molecular complexity index is 805. The fourth-order valence-corrected chi connectivity index (χ4v) is 5.06. The Kier molecular flexibility index (Phi) is 5.55. The van der Waals surface area contributed by atoms with Crippen LogP contribution in [0.1, 0.15) is 18.4 Å². The average molecular weight is 402 g/mol. The number of nitrogens with zero attached hydrogens (tertiary/aromatic N) is 3. The summed E-state index contributed by atoms with van der Waals surface area (Å²) in [4.78, 5) is 22.2. The van der Waals surface area contributed by atoms with Crippen LogP contribution in [0.5, 0.6) is 5.75 Å². The third kappa shape index (κ3) is 3.73. The first-order valence-electron chi connectivity index (χ1n) is 9.81. The number of carbonyl (C=O) groups excluding carboxylic acids is 1. The molecule has 4 rings (SSSR count). The van der Waals surface area contributed by atoms with Gasteiger partial charge in [0.1, 0.15) is 5.75 Å². The maximum Gasteiger partial charge on any atom is 0.232 e. The maximum absolute atomic E-state index is 13.6. The zero-order valence-electron chi connectivity index (χ0n) is 16.2. The lowest BCUT2D eigenvalue weighted by atomic mass is 9.73. The molecule has 2 aromatic rings. The third-order valence-corrected chi connectivity index (χ3v) is 6.70. The highest BCUT2D eigenvalue weighted by Gasteiger charge is 2.52. The molecule has 1 atom stereocenters. The van der Waals surface area contributed by atoms with E-state index in [1.54, 1.807) is 24.6 Å². The van der Waals surface area contributed by atoms with Gasteiger partial charge in [0.2, 0.25) is 5.91 Å². The predicted octanol–water partition coefficient (Wildman–Crippen LogP) is 2.43. The van der Waals surface area contributed by atoms with Gasteiger partial charge >= 0.3 is 0 Å². The number of methoxy groups -OCH3 is 1. The van der Waals surface area contributed by atoms with Crippen LogP contribution in [-0.2, 0) is 11.2 Å². The summed E-state index contributed by atoms with van der Waals surface area (Å²) in [7, 11) is 1.66. The van der Waals surface area contributed by atoms with E-state index >= 15 is 0 Å². The molecule has 7 heteroatoms. The Labute approximate surface area is 169 Å². The quantitative estimate of drug-likeness (QED) is 0.805. The fraction of sp³-hybridized carbons (Fsp3) is 0.524. The molecule has 0 saturated carbocycles. The van der Waals surface area contributed by atoms with Crippen molar-refractivity contribution in [1.82, 2.24) is 9.88 Å². The molecule has 0 spiro atoms. The summed E-state index contributed by atoms with van der Waals surface area (Å²) in [6, 6.07) is 7.99. The van der Waals surface area contributed by atoms with Gasteiger partial charge in [0, 0.05) is 44.4 Å². The number of benzene rings is 1. The number of aliphatic hydroxyl groups excluding tert-OH is 1. The standard InChI is InChI=1S/C21H27N3O3S/c1-27-18-6-2-4-16(10-18)11-21(14-24(15-21)20-22-7-9-28-20)19(26)23-8-3-5-17(12-23)13-25/h2,4,6-7,9-10,17,25H,3,5,8,11-15H2,1H3. The van der Waals surface area contributed by atoms with Crippen molar-refractivity contribution in [1.29, 1.82) is 0 Å². The van der Waals surface area contributed by atoms with E-state index in [9.17, 15) is 9.90 Å². The van der Waals surface area contributed by atoms with E-state index in [0.717, 1.165) is 35.8 Å². The number of amides is 1. The molecule has 0 aliphatic carbocycles. The first-order chi connectivity index (χ1) is 13.6. The van der Waals surface area contributed by atoms with Gasteiger partial charge < -0.3 is 19.6 Å². The Morgan fingerprint density at radius 1 is 1.43 bits per heavy atom. The van der Waals surface area contributed by atoms with Gasteiger partial charge in [-0.2, -0.15) is 0 Å². The maximum atomic E-state index is 13.6. The third-order valence-electron chi connectivity index (χ3n) is 5.87. The number of aliphatic hydroxyl groups is 1. The SMILES string of the molecule is COc1cccc(CC2(C(=O)N3CCCC(CO)C3)CN(c3nccs3)C2)c1. The minimum absolute atomic E-state index is 0.151. The highest BCUT2D eigenvalue weighted by Crippen LogP contribution is 2.41. The van der Waals surface area contributed by atoms with Crippen LogP contribution in [0.25, 0.3) is 0 Å². The lowest BCUT2D eigenvalue weighted by Crippen LogP contribution is -2.65. The number of ether oxygens (including phenoxy) is 1. The second-order valence-corrected chi connectivity index (χ2v) is 8.79. The molecule has 6 nitrogen and oxygen atoms in total. The number of hydrogen-bond acceptors (Lipinski definition) is 6. The normalized spacial score (nSPS) is 21.3.